The third-order valence-electron chi connectivity index (χ3n) is 4.38. The topological polar surface area (TPSA) is 15.3 Å². The van der Waals surface area contributed by atoms with E-state index in [1.165, 1.54) is 25.0 Å². The van der Waals surface area contributed by atoms with E-state index in [4.69, 9.17) is 0 Å². The Morgan fingerprint density at radius 1 is 1.32 bits per heavy atom. The summed E-state index contributed by atoms with van der Waals surface area (Å²) >= 11 is 0. The number of hydrogen-bond donors (Lipinski definition) is 1. The molecular formula is C15H20F2N2. The highest BCUT2D eigenvalue weighted by Crippen LogP contribution is 2.40. The smallest absolute Gasteiger partial charge is 0.159 e. The van der Waals surface area contributed by atoms with Gasteiger partial charge in [0.15, 0.2) is 11.6 Å². The number of benzene rings is 1. The first-order valence-corrected chi connectivity index (χ1v) is 6.98. The molecule has 0 bridgehead atoms. The van der Waals surface area contributed by atoms with Gasteiger partial charge in [0.1, 0.15) is 0 Å². The molecule has 0 spiro atoms. The molecule has 0 aromatic heterocycles. The van der Waals surface area contributed by atoms with Crippen LogP contribution in [0, 0.1) is 17.6 Å². The first kappa shape index (κ1) is 13.0. The van der Waals surface area contributed by atoms with Crippen molar-refractivity contribution in [2.75, 3.05) is 19.6 Å². The lowest BCUT2D eigenvalue weighted by atomic mass is 9.92. The minimum atomic E-state index is -0.771. The molecular weight excluding hydrogens is 246 g/mol. The molecule has 1 atom stereocenters. The Hall–Kier alpha value is -1.00. The molecule has 1 N–H and O–H groups in total. The van der Waals surface area contributed by atoms with Crippen LogP contribution >= 0.6 is 0 Å². The Morgan fingerprint density at radius 2 is 2.11 bits per heavy atom. The Labute approximate surface area is 112 Å². The first-order chi connectivity index (χ1) is 9.07. The fraction of sp³-hybridized carbons (Fsp3) is 0.600. The largest absolute Gasteiger partial charge is 0.309 e. The zero-order valence-corrected chi connectivity index (χ0v) is 11.3. The van der Waals surface area contributed by atoms with Crippen LogP contribution in [0.1, 0.15) is 25.3 Å². The van der Waals surface area contributed by atoms with E-state index >= 15 is 0 Å². The second kappa shape index (κ2) is 4.84. The van der Waals surface area contributed by atoms with Crippen LogP contribution in [-0.2, 0) is 6.54 Å². The van der Waals surface area contributed by atoms with E-state index < -0.39 is 11.6 Å². The van der Waals surface area contributed by atoms with Gasteiger partial charge in [-0.15, -0.1) is 0 Å². The van der Waals surface area contributed by atoms with Gasteiger partial charge in [0.2, 0.25) is 0 Å². The third-order valence-corrected chi connectivity index (χ3v) is 4.38. The lowest BCUT2D eigenvalue weighted by molar-refractivity contribution is 0.121. The maximum absolute atomic E-state index is 13.2. The Kier molecular flexibility index (Phi) is 3.31. The fourth-order valence-corrected chi connectivity index (χ4v) is 3.12. The summed E-state index contributed by atoms with van der Waals surface area (Å²) in [4.78, 5) is 2.33. The predicted molar refractivity (Wildman–Crippen MR) is 70.8 cm³/mol. The van der Waals surface area contributed by atoms with Crippen molar-refractivity contribution in [3.8, 4) is 0 Å². The van der Waals surface area contributed by atoms with Crippen LogP contribution < -0.4 is 5.32 Å². The summed E-state index contributed by atoms with van der Waals surface area (Å²) in [6, 6.07) is 4.20. The number of piperazine rings is 1. The van der Waals surface area contributed by atoms with E-state index in [-0.39, 0.29) is 5.54 Å². The van der Waals surface area contributed by atoms with E-state index in [9.17, 15) is 8.78 Å². The van der Waals surface area contributed by atoms with Crippen LogP contribution in [0.2, 0.25) is 0 Å². The van der Waals surface area contributed by atoms with E-state index in [0.717, 1.165) is 31.1 Å². The summed E-state index contributed by atoms with van der Waals surface area (Å²) in [6.07, 6.45) is 2.62. The Bertz CT molecular complexity index is 473. The SMILES string of the molecule is CC1(C2CC2)CN(Cc2ccc(F)c(F)c2)CCN1. The highest BCUT2D eigenvalue weighted by Gasteiger charge is 2.43. The molecule has 1 unspecified atom stereocenters. The predicted octanol–water partition coefficient (Wildman–Crippen LogP) is 2.54. The first-order valence-electron chi connectivity index (χ1n) is 6.98. The van der Waals surface area contributed by atoms with Gasteiger partial charge in [-0.2, -0.15) is 0 Å². The van der Waals surface area contributed by atoms with E-state index in [0.29, 0.717) is 6.54 Å². The second-order valence-electron chi connectivity index (χ2n) is 6.08. The highest BCUT2D eigenvalue weighted by atomic mass is 19.2. The molecule has 2 nitrogen and oxygen atoms in total. The van der Waals surface area contributed by atoms with Crippen molar-refractivity contribution in [2.24, 2.45) is 5.92 Å². The van der Waals surface area contributed by atoms with Crippen LogP contribution in [0.15, 0.2) is 18.2 Å². The number of nitrogens with one attached hydrogen (secondary N) is 1. The number of rotatable bonds is 3. The average molecular weight is 266 g/mol. The zero-order valence-electron chi connectivity index (χ0n) is 11.3. The molecule has 1 aromatic carbocycles. The summed E-state index contributed by atoms with van der Waals surface area (Å²) in [7, 11) is 0. The Balaban J connectivity index is 1.67. The van der Waals surface area contributed by atoms with Crippen LogP contribution in [0.25, 0.3) is 0 Å². The van der Waals surface area contributed by atoms with E-state index in [1.807, 2.05) is 0 Å². The van der Waals surface area contributed by atoms with Crippen molar-refractivity contribution in [1.82, 2.24) is 10.2 Å². The molecule has 1 aliphatic carbocycles. The molecule has 0 radical (unpaired) electrons. The van der Waals surface area contributed by atoms with Gasteiger partial charge in [-0.3, -0.25) is 4.90 Å². The van der Waals surface area contributed by atoms with Gasteiger partial charge in [0.05, 0.1) is 0 Å². The maximum Gasteiger partial charge on any atom is 0.159 e. The number of hydrogen-bond acceptors (Lipinski definition) is 2. The average Bonchev–Trinajstić information content (AvgIpc) is 3.18. The molecule has 1 saturated carbocycles. The summed E-state index contributed by atoms with van der Waals surface area (Å²) in [6.45, 7) is 5.89. The molecule has 1 aliphatic heterocycles. The number of halogens is 2. The summed E-state index contributed by atoms with van der Waals surface area (Å²) in [5.74, 6) is -0.746. The van der Waals surface area contributed by atoms with E-state index in [1.54, 1.807) is 6.07 Å². The number of nitrogens with zero attached hydrogens (tertiary/aromatic N) is 1. The minimum absolute atomic E-state index is 0.191. The molecule has 19 heavy (non-hydrogen) atoms. The van der Waals surface area contributed by atoms with E-state index in [2.05, 4.69) is 17.1 Å². The van der Waals surface area contributed by atoms with Crippen molar-refractivity contribution in [3.63, 3.8) is 0 Å². The Morgan fingerprint density at radius 3 is 2.79 bits per heavy atom. The van der Waals surface area contributed by atoms with Crippen molar-refractivity contribution in [3.05, 3.63) is 35.4 Å². The lowest BCUT2D eigenvalue weighted by Gasteiger charge is -2.42. The van der Waals surface area contributed by atoms with Crippen LogP contribution in [0.3, 0.4) is 0 Å². The standard InChI is InChI=1S/C15H20F2N2/c1-15(12-3-4-12)10-19(7-6-18-15)9-11-2-5-13(16)14(17)8-11/h2,5,8,12,18H,3-4,6-7,9-10H2,1H3. The fourth-order valence-electron chi connectivity index (χ4n) is 3.12. The van der Waals surface area contributed by atoms with Crippen LogP contribution in [0.5, 0.6) is 0 Å². The van der Waals surface area contributed by atoms with Crippen LogP contribution in [0.4, 0.5) is 8.78 Å². The second-order valence-corrected chi connectivity index (χ2v) is 6.08. The van der Waals surface area contributed by atoms with Crippen molar-refractivity contribution in [1.29, 1.82) is 0 Å². The van der Waals surface area contributed by atoms with Crippen molar-refractivity contribution >= 4 is 0 Å². The molecule has 104 valence electrons. The summed E-state index contributed by atoms with van der Waals surface area (Å²) in [5.41, 5.74) is 1.04. The van der Waals surface area contributed by atoms with Crippen molar-refractivity contribution in [2.45, 2.75) is 31.8 Å². The van der Waals surface area contributed by atoms with Gasteiger partial charge in [-0.25, -0.2) is 8.78 Å². The molecule has 1 aromatic rings. The van der Waals surface area contributed by atoms with Gasteiger partial charge < -0.3 is 5.32 Å². The lowest BCUT2D eigenvalue weighted by Crippen LogP contribution is -2.59. The molecule has 1 heterocycles. The van der Waals surface area contributed by atoms with Crippen molar-refractivity contribution < 1.29 is 8.78 Å². The zero-order chi connectivity index (χ0) is 13.5. The molecule has 4 heteroatoms. The summed E-state index contributed by atoms with van der Waals surface area (Å²) < 4.78 is 26.1. The van der Waals surface area contributed by atoms with Gasteiger partial charge in [-0.05, 0) is 43.4 Å². The third kappa shape index (κ3) is 2.79. The monoisotopic (exact) mass is 266 g/mol. The molecule has 3 rings (SSSR count). The molecule has 2 aliphatic rings. The van der Waals surface area contributed by atoms with Gasteiger partial charge in [0.25, 0.3) is 0 Å². The molecule has 0 amide bonds. The normalized spacial score (nSPS) is 28.6. The van der Waals surface area contributed by atoms with Crippen LogP contribution in [-0.4, -0.2) is 30.1 Å². The van der Waals surface area contributed by atoms with Gasteiger partial charge >= 0.3 is 0 Å². The van der Waals surface area contributed by atoms with Gasteiger partial charge in [-0.1, -0.05) is 6.07 Å². The quantitative estimate of drug-likeness (QED) is 0.904. The van der Waals surface area contributed by atoms with Gasteiger partial charge in [0, 0.05) is 31.7 Å². The maximum atomic E-state index is 13.2. The molecule has 1 saturated heterocycles. The molecule has 2 fully saturated rings. The minimum Gasteiger partial charge on any atom is -0.309 e. The summed E-state index contributed by atoms with van der Waals surface area (Å²) in [5, 5.41) is 3.62. The highest BCUT2D eigenvalue weighted by molar-refractivity contribution is 5.18.